The fourth-order valence-electron chi connectivity index (χ4n) is 1.69. The van der Waals surface area contributed by atoms with Crippen molar-refractivity contribution in [3.05, 3.63) is 64.7 Å². The second kappa shape index (κ2) is 8.17. The molecule has 0 aromatic heterocycles. The van der Waals surface area contributed by atoms with Crippen molar-refractivity contribution in [1.29, 1.82) is 0 Å². The van der Waals surface area contributed by atoms with E-state index in [9.17, 15) is 4.79 Å². The minimum absolute atomic E-state index is 0. The molecule has 0 heterocycles. The fraction of sp³-hybridized carbons (Fsp3) is 0.125. The fourth-order valence-corrected chi connectivity index (χ4v) is 1.82. The predicted molar refractivity (Wildman–Crippen MR) is 90.9 cm³/mol. The Bertz CT molecular complexity index is 637. The second-order valence-corrected chi connectivity index (χ2v) is 5.13. The molecule has 3 N–H and O–H groups in total. The highest BCUT2D eigenvalue weighted by Gasteiger charge is 2.02. The second-order valence-electron chi connectivity index (χ2n) is 4.69. The zero-order valence-electron chi connectivity index (χ0n) is 12.4. The molecule has 0 aliphatic rings. The Morgan fingerprint density at radius 3 is 2.23 bits per heavy atom. The first-order valence-corrected chi connectivity index (χ1v) is 6.80. The number of nitrogens with zero attached hydrogens (tertiary/aromatic N) is 2. The van der Waals surface area contributed by atoms with Crippen molar-refractivity contribution in [2.75, 3.05) is 19.0 Å². The third kappa shape index (κ3) is 4.87. The predicted octanol–water partition coefficient (Wildman–Crippen LogP) is 2.35. The molecular weight excluding hydrogens is 302 g/mol. The number of hydrogen-bond acceptors (Lipinski definition) is 3. The van der Waals surface area contributed by atoms with Crippen LogP contribution in [0.4, 0.5) is 5.69 Å². The van der Waals surface area contributed by atoms with Crippen molar-refractivity contribution < 1.29 is 10.3 Å². The van der Waals surface area contributed by atoms with Crippen LogP contribution in [0.2, 0.25) is 5.02 Å². The molecule has 6 heteroatoms. The lowest BCUT2D eigenvalue weighted by molar-refractivity contribution is 0.0955. The molecule has 0 atom stereocenters. The van der Waals surface area contributed by atoms with Crippen LogP contribution in [0.25, 0.3) is 0 Å². The number of hydrazone groups is 1. The smallest absolute Gasteiger partial charge is 0.271 e. The van der Waals surface area contributed by atoms with Gasteiger partial charge in [-0.25, -0.2) is 5.43 Å². The Hall–Kier alpha value is -2.37. The van der Waals surface area contributed by atoms with Crippen LogP contribution in [-0.2, 0) is 0 Å². The lowest BCUT2D eigenvalue weighted by Crippen LogP contribution is -2.17. The monoisotopic (exact) mass is 319 g/mol. The molecule has 5 nitrogen and oxygen atoms in total. The van der Waals surface area contributed by atoms with Crippen molar-refractivity contribution in [3.63, 3.8) is 0 Å². The first-order valence-electron chi connectivity index (χ1n) is 6.42. The number of hydrogen-bond donors (Lipinski definition) is 1. The van der Waals surface area contributed by atoms with Crippen LogP contribution in [0.5, 0.6) is 0 Å². The van der Waals surface area contributed by atoms with E-state index in [2.05, 4.69) is 10.5 Å². The van der Waals surface area contributed by atoms with Gasteiger partial charge in [0.2, 0.25) is 0 Å². The van der Waals surface area contributed by atoms with Gasteiger partial charge in [0.05, 0.1) is 6.21 Å². The summed E-state index contributed by atoms with van der Waals surface area (Å²) < 4.78 is 0. The molecule has 0 radical (unpaired) electrons. The van der Waals surface area contributed by atoms with Crippen molar-refractivity contribution >= 4 is 29.4 Å². The van der Waals surface area contributed by atoms with E-state index in [1.54, 1.807) is 30.5 Å². The van der Waals surface area contributed by atoms with Crippen molar-refractivity contribution in [1.82, 2.24) is 5.43 Å². The molecule has 1 amide bonds. The van der Waals surface area contributed by atoms with Gasteiger partial charge in [0.15, 0.2) is 0 Å². The topological polar surface area (TPSA) is 76.2 Å². The minimum atomic E-state index is -0.271. The summed E-state index contributed by atoms with van der Waals surface area (Å²) in [6, 6.07) is 14.5. The number of amides is 1. The van der Waals surface area contributed by atoms with E-state index in [-0.39, 0.29) is 11.4 Å². The number of halogens is 1. The standard InChI is InChI=1S/C16H16ClN3O.H2O/c1-20(2)15-9-3-12(4-10-15)11-18-19-16(21)13-5-7-14(17)8-6-13;/h3-11H,1-2H3,(H,19,21);1H2/b18-11+;. The number of rotatable bonds is 4. The van der Waals surface area contributed by atoms with Crippen LogP contribution < -0.4 is 10.3 Å². The molecule has 2 aromatic rings. The molecule has 0 saturated heterocycles. The summed E-state index contributed by atoms with van der Waals surface area (Å²) in [7, 11) is 3.96. The van der Waals surface area contributed by atoms with E-state index < -0.39 is 0 Å². The highest BCUT2D eigenvalue weighted by atomic mass is 35.5. The number of carbonyl (C=O) groups excluding carboxylic acids is 1. The van der Waals surface area contributed by atoms with E-state index in [0.29, 0.717) is 10.6 Å². The summed E-state index contributed by atoms with van der Waals surface area (Å²) in [5, 5.41) is 4.54. The number of carbonyl (C=O) groups is 1. The highest BCUT2D eigenvalue weighted by molar-refractivity contribution is 6.30. The molecule has 0 fully saturated rings. The molecule has 0 unspecified atom stereocenters. The molecule has 0 bridgehead atoms. The lowest BCUT2D eigenvalue weighted by atomic mass is 10.2. The normalized spacial score (nSPS) is 10.1. The Balaban J connectivity index is 0.00000242. The summed E-state index contributed by atoms with van der Waals surface area (Å²) in [6.45, 7) is 0. The van der Waals surface area contributed by atoms with Gasteiger partial charge in [-0.15, -0.1) is 0 Å². The maximum Gasteiger partial charge on any atom is 0.271 e. The van der Waals surface area contributed by atoms with Crippen molar-refractivity contribution in [2.45, 2.75) is 0 Å². The van der Waals surface area contributed by atoms with E-state index in [1.165, 1.54) is 0 Å². The van der Waals surface area contributed by atoms with E-state index in [1.807, 2.05) is 43.3 Å². The summed E-state index contributed by atoms with van der Waals surface area (Å²) in [5.74, 6) is -0.271. The summed E-state index contributed by atoms with van der Waals surface area (Å²) in [5.41, 5.74) is 5.02. The highest BCUT2D eigenvalue weighted by Crippen LogP contribution is 2.11. The Kier molecular flexibility index (Phi) is 6.56. The summed E-state index contributed by atoms with van der Waals surface area (Å²) in [6.07, 6.45) is 1.60. The van der Waals surface area contributed by atoms with Gasteiger partial charge >= 0.3 is 0 Å². The number of nitrogens with one attached hydrogen (secondary N) is 1. The largest absolute Gasteiger partial charge is 0.412 e. The van der Waals surface area contributed by atoms with Crippen LogP contribution in [0.1, 0.15) is 15.9 Å². The van der Waals surface area contributed by atoms with Gasteiger partial charge in [-0.05, 0) is 42.0 Å². The average Bonchev–Trinajstić information content (AvgIpc) is 2.48. The van der Waals surface area contributed by atoms with Crippen molar-refractivity contribution in [2.24, 2.45) is 5.10 Å². The maximum atomic E-state index is 11.8. The molecule has 2 aromatic carbocycles. The first kappa shape index (κ1) is 17.7. The Morgan fingerprint density at radius 2 is 1.68 bits per heavy atom. The van der Waals surface area contributed by atoms with Crippen LogP contribution in [-0.4, -0.2) is 31.7 Å². The Morgan fingerprint density at radius 1 is 1.09 bits per heavy atom. The van der Waals surface area contributed by atoms with Gasteiger partial charge in [-0.3, -0.25) is 4.79 Å². The number of anilines is 1. The van der Waals surface area contributed by atoms with Gasteiger partial charge in [0.1, 0.15) is 0 Å². The van der Waals surface area contributed by atoms with Crippen LogP contribution in [0.3, 0.4) is 0 Å². The third-order valence-electron chi connectivity index (χ3n) is 2.90. The molecule has 0 saturated carbocycles. The van der Waals surface area contributed by atoms with Crippen LogP contribution in [0.15, 0.2) is 53.6 Å². The average molecular weight is 320 g/mol. The molecule has 116 valence electrons. The third-order valence-corrected chi connectivity index (χ3v) is 3.15. The molecular formula is C16H18ClN3O2. The van der Waals surface area contributed by atoms with Gasteiger partial charge in [0, 0.05) is 30.4 Å². The minimum Gasteiger partial charge on any atom is -0.412 e. The quantitative estimate of drug-likeness (QED) is 0.693. The van der Waals surface area contributed by atoms with Gasteiger partial charge in [-0.2, -0.15) is 5.10 Å². The molecule has 0 aliphatic carbocycles. The van der Waals surface area contributed by atoms with Gasteiger partial charge in [0.25, 0.3) is 5.91 Å². The van der Waals surface area contributed by atoms with Crippen LogP contribution in [0, 0.1) is 0 Å². The summed E-state index contributed by atoms with van der Waals surface area (Å²) in [4.78, 5) is 13.8. The maximum absolute atomic E-state index is 11.8. The molecule has 22 heavy (non-hydrogen) atoms. The zero-order chi connectivity index (χ0) is 15.2. The lowest BCUT2D eigenvalue weighted by Gasteiger charge is -2.11. The van der Waals surface area contributed by atoms with Crippen LogP contribution >= 0.6 is 11.6 Å². The van der Waals surface area contributed by atoms with Crippen molar-refractivity contribution in [3.8, 4) is 0 Å². The first-order chi connectivity index (χ1) is 10.1. The molecule has 0 spiro atoms. The summed E-state index contributed by atoms with van der Waals surface area (Å²) >= 11 is 5.77. The Labute approximate surface area is 134 Å². The van der Waals surface area contributed by atoms with E-state index >= 15 is 0 Å². The zero-order valence-corrected chi connectivity index (χ0v) is 13.1. The van der Waals surface area contributed by atoms with Gasteiger partial charge < -0.3 is 10.4 Å². The van der Waals surface area contributed by atoms with Gasteiger partial charge in [-0.1, -0.05) is 23.7 Å². The van der Waals surface area contributed by atoms with E-state index in [4.69, 9.17) is 11.6 Å². The van der Waals surface area contributed by atoms with E-state index in [0.717, 1.165) is 11.3 Å². The molecule has 2 rings (SSSR count). The molecule has 0 aliphatic heterocycles. The number of benzene rings is 2. The SMILES string of the molecule is CN(C)c1ccc(/C=N/NC(=O)c2ccc(Cl)cc2)cc1.O.